The summed E-state index contributed by atoms with van der Waals surface area (Å²) in [6.45, 7) is -0.265. The first-order chi connectivity index (χ1) is 9.51. The van der Waals surface area contributed by atoms with Crippen LogP contribution >= 0.6 is 0 Å². The van der Waals surface area contributed by atoms with Gasteiger partial charge in [-0.25, -0.2) is 4.57 Å². The predicted octanol–water partition coefficient (Wildman–Crippen LogP) is -2.23. The van der Waals surface area contributed by atoms with Gasteiger partial charge in [0.25, 0.3) is 11.5 Å². The zero-order chi connectivity index (χ0) is 14.4. The van der Waals surface area contributed by atoms with Crippen molar-refractivity contribution in [1.29, 1.82) is 0 Å². The monoisotopic (exact) mass is 282 g/mol. The molecule has 1 saturated heterocycles. The average molecular weight is 282 g/mol. The molecule has 1 fully saturated rings. The van der Waals surface area contributed by atoms with E-state index in [1.165, 1.54) is 0 Å². The molecule has 2 aromatic rings. The number of nitrogens with one attached hydrogen (secondary N) is 1. The molecule has 108 valence electrons. The Morgan fingerprint density at radius 2 is 2.45 bits per heavy atom. The fourth-order valence-electron chi connectivity index (χ4n) is 2.53. The Morgan fingerprint density at radius 3 is 3.10 bits per heavy atom. The number of ether oxygens (including phenoxy) is 1. The van der Waals surface area contributed by atoms with Gasteiger partial charge in [0.05, 0.1) is 19.8 Å². The van der Waals surface area contributed by atoms with Crippen molar-refractivity contribution < 1.29 is 19.5 Å². The number of aryl methyl sites for hydroxylation is 1. The lowest BCUT2D eigenvalue weighted by molar-refractivity contribution is -0.739. The van der Waals surface area contributed by atoms with Crippen molar-refractivity contribution in [2.75, 3.05) is 12.3 Å². The highest BCUT2D eigenvalue weighted by molar-refractivity contribution is 5.66. The minimum Gasteiger partial charge on any atom is -0.394 e. The SMILES string of the molecule is Cn1c[n+]([C@H]2C[C@@H](O)[C@@H](CO)O2)c2nc(N)[nH]c(=O)c21. The van der Waals surface area contributed by atoms with Crippen LogP contribution < -0.4 is 15.9 Å². The summed E-state index contributed by atoms with van der Waals surface area (Å²) in [5.74, 6) is 0.0136. The standard InChI is InChI=1S/C11H15N5O4/c1-15-4-16(7-2-5(18)6(3-17)20-7)9-8(15)10(19)14-11(12)13-9/h4-7,17-18H,2-3H2,1H3,(H2-,12,13,14,19)/p+1/t5-,6-,7-/m1/s1. The molecule has 0 radical (unpaired) electrons. The van der Waals surface area contributed by atoms with E-state index >= 15 is 0 Å². The number of nitrogens with two attached hydrogens (primary N) is 1. The maximum atomic E-state index is 11.9. The van der Waals surface area contributed by atoms with E-state index in [1.54, 1.807) is 22.5 Å². The summed E-state index contributed by atoms with van der Waals surface area (Å²) in [6.07, 6.45) is 0.0705. The molecule has 5 N–H and O–H groups in total. The molecule has 3 atom stereocenters. The van der Waals surface area contributed by atoms with E-state index in [9.17, 15) is 9.90 Å². The van der Waals surface area contributed by atoms with Gasteiger partial charge in [-0.3, -0.25) is 14.3 Å². The van der Waals surface area contributed by atoms with Crippen LogP contribution in [0.4, 0.5) is 5.95 Å². The molecular weight excluding hydrogens is 266 g/mol. The Hall–Kier alpha value is -1.97. The van der Waals surface area contributed by atoms with Crippen molar-refractivity contribution >= 4 is 17.1 Å². The van der Waals surface area contributed by atoms with Gasteiger partial charge in [-0.15, -0.1) is 0 Å². The van der Waals surface area contributed by atoms with E-state index in [4.69, 9.17) is 15.6 Å². The number of H-pyrrole nitrogens is 1. The number of aromatic amines is 1. The minimum absolute atomic E-state index is 0.0136. The summed E-state index contributed by atoms with van der Waals surface area (Å²) in [5, 5.41) is 18.9. The maximum absolute atomic E-state index is 11.9. The van der Waals surface area contributed by atoms with Crippen molar-refractivity contribution in [1.82, 2.24) is 14.5 Å². The van der Waals surface area contributed by atoms with Crippen LogP contribution in [0.5, 0.6) is 0 Å². The van der Waals surface area contributed by atoms with Gasteiger partial charge < -0.3 is 20.7 Å². The Kier molecular flexibility index (Phi) is 2.96. The quantitative estimate of drug-likeness (QED) is 0.461. The second-order valence-corrected chi connectivity index (χ2v) is 4.87. The fraction of sp³-hybridized carbons (Fsp3) is 0.545. The normalized spacial score (nSPS) is 26.4. The molecule has 0 bridgehead atoms. The lowest BCUT2D eigenvalue weighted by Gasteiger charge is -2.10. The summed E-state index contributed by atoms with van der Waals surface area (Å²) >= 11 is 0. The molecule has 0 amide bonds. The van der Waals surface area contributed by atoms with Crippen LogP contribution in [0.3, 0.4) is 0 Å². The maximum Gasteiger partial charge on any atom is 0.313 e. The zero-order valence-corrected chi connectivity index (χ0v) is 10.9. The van der Waals surface area contributed by atoms with Crippen LogP contribution in [0.1, 0.15) is 12.6 Å². The van der Waals surface area contributed by atoms with Gasteiger partial charge >= 0.3 is 5.65 Å². The van der Waals surface area contributed by atoms with Crippen LogP contribution in [0, 0.1) is 0 Å². The van der Waals surface area contributed by atoms with Crippen LogP contribution in [0.25, 0.3) is 11.2 Å². The number of aliphatic hydroxyl groups excluding tert-OH is 2. The van der Waals surface area contributed by atoms with Crippen molar-refractivity contribution in [3.05, 3.63) is 16.7 Å². The summed E-state index contributed by atoms with van der Waals surface area (Å²) in [6, 6.07) is 0. The third kappa shape index (κ3) is 1.87. The van der Waals surface area contributed by atoms with E-state index in [-0.39, 0.29) is 18.1 Å². The third-order valence-electron chi connectivity index (χ3n) is 3.48. The number of aliphatic hydroxyl groups is 2. The predicted molar refractivity (Wildman–Crippen MR) is 67.6 cm³/mol. The third-order valence-corrected chi connectivity index (χ3v) is 3.48. The van der Waals surface area contributed by atoms with Crippen molar-refractivity contribution in [2.45, 2.75) is 24.9 Å². The Bertz CT molecular complexity index is 709. The summed E-state index contributed by atoms with van der Waals surface area (Å²) < 4.78 is 8.82. The van der Waals surface area contributed by atoms with E-state index < -0.39 is 18.4 Å². The Labute approximate surface area is 113 Å². The van der Waals surface area contributed by atoms with Crippen molar-refractivity contribution in [2.24, 2.45) is 7.05 Å². The first kappa shape index (κ1) is 13.0. The number of anilines is 1. The summed E-state index contributed by atoms with van der Waals surface area (Å²) in [5.41, 5.74) is 5.97. The Balaban J connectivity index is 2.11. The summed E-state index contributed by atoms with van der Waals surface area (Å²) in [4.78, 5) is 18.4. The number of nitrogen functional groups attached to an aromatic ring is 1. The number of imidazole rings is 1. The Morgan fingerprint density at radius 1 is 1.70 bits per heavy atom. The molecular formula is C11H16N5O4+. The highest BCUT2D eigenvalue weighted by Gasteiger charge is 2.38. The highest BCUT2D eigenvalue weighted by atomic mass is 16.5. The lowest BCUT2D eigenvalue weighted by Crippen LogP contribution is -2.39. The number of rotatable bonds is 2. The first-order valence-electron chi connectivity index (χ1n) is 6.21. The number of hydrogen-bond acceptors (Lipinski definition) is 6. The number of nitrogens with zero attached hydrogens (tertiary/aromatic N) is 3. The molecule has 1 aliphatic rings. The number of hydrogen-bond donors (Lipinski definition) is 4. The van der Waals surface area contributed by atoms with Gasteiger partial charge in [0.1, 0.15) is 6.10 Å². The molecule has 1 aliphatic heterocycles. The summed E-state index contributed by atoms with van der Waals surface area (Å²) in [7, 11) is 1.71. The molecule has 0 spiro atoms. The molecule has 0 aliphatic carbocycles. The van der Waals surface area contributed by atoms with Gasteiger partial charge in [-0.2, -0.15) is 0 Å². The van der Waals surface area contributed by atoms with Gasteiger partial charge in [0.15, 0.2) is 12.6 Å². The smallest absolute Gasteiger partial charge is 0.313 e. The van der Waals surface area contributed by atoms with Crippen molar-refractivity contribution in [3.63, 3.8) is 0 Å². The molecule has 9 nitrogen and oxygen atoms in total. The molecule has 9 heteroatoms. The van der Waals surface area contributed by atoms with Gasteiger partial charge in [0, 0.05) is 6.42 Å². The van der Waals surface area contributed by atoms with Gasteiger partial charge in [-0.1, -0.05) is 4.98 Å². The van der Waals surface area contributed by atoms with E-state index in [0.29, 0.717) is 17.6 Å². The van der Waals surface area contributed by atoms with Crippen LogP contribution in [0.15, 0.2) is 11.1 Å². The molecule has 20 heavy (non-hydrogen) atoms. The van der Waals surface area contributed by atoms with Gasteiger partial charge in [-0.05, 0) is 0 Å². The largest absolute Gasteiger partial charge is 0.394 e. The van der Waals surface area contributed by atoms with Crippen LogP contribution in [-0.4, -0.2) is 43.6 Å². The van der Waals surface area contributed by atoms with E-state index in [1.807, 2.05) is 0 Å². The molecule has 0 aromatic carbocycles. The van der Waals surface area contributed by atoms with E-state index in [2.05, 4.69) is 9.97 Å². The molecule has 3 heterocycles. The topological polar surface area (TPSA) is 130 Å². The average Bonchev–Trinajstić information content (AvgIpc) is 2.90. The highest BCUT2D eigenvalue weighted by Crippen LogP contribution is 2.25. The first-order valence-corrected chi connectivity index (χ1v) is 6.21. The number of aromatic nitrogens is 4. The van der Waals surface area contributed by atoms with Gasteiger partial charge in [0.2, 0.25) is 5.52 Å². The van der Waals surface area contributed by atoms with E-state index in [0.717, 1.165) is 0 Å². The second kappa shape index (κ2) is 4.54. The zero-order valence-electron chi connectivity index (χ0n) is 10.9. The van der Waals surface area contributed by atoms with Crippen LogP contribution in [0.2, 0.25) is 0 Å². The fourth-order valence-corrected chi connectivity index (χ4v) is 2.53. The second-order valence-electron chi connectivity index (χ2n) is 4.87. The lowest BCUT2D eigenvalue weighted by atomic mass is 10.2. The number of fused-ring (bicyclic) bond motifs is 1. The van der Waals surface area contributed by atoms with Crippen LogP contribution in [-0.2, 0) is 11.8 Å². The van der Waals surface area contributed by atoms with Crippen molar-refractivity contribution in [3.8, 4) is 0 Å². The minimum atomic E-state index is -0.757. The molecule has 0 saturated carbocycles. The molecule has 2 aromatic heterocycles. The molecule has 0 unspecified atom stereocenters. The molecule has 3 rings (SSSR count).